The molecule has 0 aliphatic rings. The molecule has 1 amide bonds. The zero-order chi connectivity index (χ0) is 18.2. The lowest BCUT2D eigenvalue weighted by molar-refractivity contribution is -0.132. The Bertz CT molecular complexity index is 742. The molecule has 0 spiro atoms. The zero-order valence-electron chi connectivity index (χ0n) is 14.8. The van der Waals surface area contributed by atoms with Crippen molar-refractivity contribution in [3.63, 3.8) is 0 Å². The molecular weight excluding hydrogens is 318 g/mol. The first-order valence-corrected chi connectivity index (χ1v) is 8.18. The van der Waals surface area contributed by atoms with E-state index in [0.717, 1.165) is 17.4 Å². The zero-order valence-corrected chi connectivity index (χ0v) is 14.8. The van der Waals surface area contributed by atoms with Crippen molar-refractivity contribution >= 4 is 12.2 Å². The number of benzene rings is 2. The van der Waals surface area contributed by atoms with Crippen LogP contribution in [-0.2, 0) is 11.3 Å². The van der Waals surface area contributed by atoms with Crippen LogP contribution >= 0.6 is 0 Å². The van der Waals surface area contributed by atoms with E-state index in [0.29, 0.717) is 30.2 Å². The second-order valence-corrected chi connectivity index (χ2v) is 5.72. The van der Waals surface area contributed by atoms with Gasteiger partial charge in [0.2, 0.25) is 0 Å². The van der Waals surface area contributed by atoms with Crippen molar-refractivity contribution in [2.75, 3.05) is 20.3 Å². The van der Waals surface area contributed by atoms with Crippen molar-refractivity contribution in [2.45, 2.75) is 20.4 Å². The average Bonchev–Trinajstić information content (AvgIpc) is 2.62. The molecule has 5 heteroatoms. The molecule has 2 aromatic carbocycles. The highest BCUT2D eigenvalue weighted by atomic mass is 16.5. The number of carbonyl (C=O) groups is 2. The van der Waals surface area contributed by atoms with Crippen LogP contribution in [0.25, 0.3) is 0 Å². The maximum Gasteiger partial charge on any atom is 0.260 e. The molecule has 0 unspecified atom stereocenters. The fourth-order valence-electron chi connectivity index (χ4n) is 2.37. The summed E-state index contributed by atoms with van der Waals surface area (Å²) in [5.41, 5.74) is 2.74. The number of likely N-dealkylation sites (N-methyl/N-ethyl adjacent to an activating group) is 1. The number of carbonyl (C=O) groups excluding carboxylic acids is 2. The highest BCUT2D eigenvalue weighted by Crippen LogP contribution is 2.28. The summed E-state index contributed by atoms with van der Waals surface area (Å²) < 4.78 is 11.1. The van der Waals surface area contributed by atoms with E-state index in [1.165, 1.54) is 0 Å². The number of hydrogen-bond acceptors (Lipinski definition) is 4. The van der Waals surface area contributed by atoms with Crippen LogP contribution in [0, 0.1) is 6.92 Å². The SMILES string of the molecule is CCOc1cc(C=O)ccc1OCC(=O)N(C)Cc1ccccc1C. The first-order valence-electron chi connectivity index (χ1n) is 8.18. The standard InChI is InChI=1S/C20H23NO4/c1-4-24-19-11-16(13-22)9-10-18(19)25-14-20(23)21(3)12-17-8-6-5-7-15(17)2/h5-11,13H,4,12,14H2,1-3H3. The number of aldehydes is 1. The van der Waals surface area contributed by atoms with Gasteiger partial charge in [-0.25, -0.2) is 0 Å². The predicted octanol–water partition coefficient (Wildman–Crippen LogP) is 3.24. The molecule has 0 aliphatic carbocycles. The van der Waals surface area contributed by atoms with E-state index >= 15 is 0 Å². The Morgan fingerprint density at radius 2 is 1.88 bits per heavy atom. The molecule has 0 bridgehead atoms. The quantitative estimate of drug-likeness (QED) is 0.692. The maximum atomic E-state index is 12.3. The number of hydrogen-bond donors (Lipinski definition) is 0. The number of amides is 1. The van der Waals surface area contributed by atoms with Gasteiger partial charge in [0.1, 0.15) is 6.29 Å². The van der Waals surface area contributed by atoms with Gasteiger partial charge in [-0.3, -0.25) is 9.59 Å². The molecule has 0 aliphatic heterocycles. The Morgan fingerprint density at radius 1 is 1.12 bits per heavy atom. The van der Waals surface area contributed by atoms with E-state index in [1.807, 2.05) is 38.1 Å². The van der Waals surface area contributed by atoms with Gasteiger partial charge in [0.15, 0.2) is 18.1 Å². The lowest BCUT2D eigenvalue weighted by Gasteiger charge is -2.19. The molecule has 5 nitrogen and oxygen atoms in total. The van der Waals surface area contributed by atoms with Gasteiger partial charge >= 0.3 is 0 Å². The van der Waals surface area contributed by atoms with Gasteiger partial charge in [-0.2, -0.15) is 0 Å². The smallest absolute Gasteiger partial charge is 0.260 e. The van der Waals surface area contributed by atoms with Crippen molar-refractivity contribution in [1.82, 2.24) is 4.90 Å². The second kappa shape index (κ2) is 8.87. The van der Waals surface area contributed by atoms with Crippen molar-refractivity contribution in [1.29, 1.82) is 0 Å². The predicted molar refractivity (Wildman–Crippen MR) is 96.1 cm³/mol. The van der Waals surface area contributed by atoms with Crippen LogP contribution in [0.15, 0.2) is 42.5 Å². The Labute approximate surface area is 148 Å². The third-order valence-corrected chi connectivity index (χ3v) is 3.85. The summed E-state index contributed by atoms with van der Waals surface area (Å²) in [6.07, 6.45) is 0.743. The van der Waals surface area contributed by atoms with Crippen LogP contribution in [-0.4, -0.2) is 37.4 Å². The number of ether oxygens (including phenoxy) is 2. The number of rotatable bonds is 8. The van der Waals surface area contributed by atoms with E-state index in [-0.39, 0.29) is 12.5 Å². The molecule has 0 atom stereocenters. The summed E-state index contributed by atoms with van der Waals surface area (Å²) in [5.74, 6) is 0.775. The second-order valence-electron chi connectivity index (χ2n) is 5.72. The van der Waals surface area contributed by atoms with Gasteiger partial charge in [-0.05, 0) is 43.2 Å². The molecular formula is C20H23NO4. The highest BCUT2D eigenvalue weighted by molar-refractivity contribution is 5.78. The van der Waals surface area contributed by atoms with Crippen molar-refractivity contribution in [2.24, 2.45) is 0 Å². The molecule has 2 aromatic rings. The van der Waals surface area contributed by atoms with E-state index in [1.54, 1.807) is 30.1 Å². The minimum Gasteiger partial charge on any atom is -0.490 e. The fourth-order valence-corrected chi connectivity index (χ4v) is 2.37. The van der Waals surface area contributed by atoms with E-state index in [4.69, 9.17) is 9.47 Å². The lowest BCUT2D eigenvalue weighted by atomic mass is 10.1. The van der Waals surface area contributed by atoms with Crippen LogP contribution in [0.2, 0.25) is 0 Å². The van der Waals surface area contributed by atoms with Gasteiger partial charge < -0.3 is 14.4 Å². The van der Waals surface area contributed by atoms with Gasteiger partial charge in [0.25, 0.3) is 5.91 Å². The Morgan fingerprint density at radius 3 is 2.56 bits per heavy atom. The van der Waals surface area contributed by atoms with Crippen LogP contribution < -0.4 is 9.47 Å². The molecule has 0 aromatic heterocycles. The number of aryl methyl sites for hydroxylation is 1. The van der Waals surface area contributed by atoms with Crippen molar-refractivity contribution < 1.29 is 19.1 Å². The van der Waals surface area contributed by atoms with Crippen molar-refractivity contribution in [3.05, 3.63) is 59.2 Å². The summed E-state index contributed by atoms with van der Waals surface area (Å²) in [6, 6.07) is 12.8. The summed E-state index contributed by atoms with van der Waals surface area (Å²) in [7, 11) is 1.75. The summed E-state index contributed by atoms with van der Waals surface area (Å²) >= 11 is 0. The largest absolute Gasteiger partial charge is 0.490 e. The first kappa shape index (κ1) is 18.5. The van der Waals surface area contributed by atoms with Gasteiger partial charge in [0.05, 0.1) is 6.61 Å². The minimum atomic E-state index is -0.134. The van der Waals surface area contributed by atoms with E-state index in [2.05, 4.69) is 0 Å². The lowest BCUT2D eigenvalue weighted by Crippen LogP contribution is -2.31. The van der Waals surface area contributed by atoms with Gasteiger partial charge in [-0.1, -0.05) is 24.3 Å². The minimum absolute atomic E-state index is 0.0944. The highest BCUT2D eigenvalue weighted by Gasteiger charge is 2.13. The summed E-state index contributed by atoms with van der Waals surface area (Å²) in [5, 5.41) is 0. The number of nitrogens with zero attached hydrogens (tertiary/aromatic N) is 1. The molecule has 132 valence electrons. The molecule has 0 fully saturated rings. The average molecular weight is 341 g/mol. The maximum absolute atomic E-state index is 12.3. The van der Waals surface area contributed by atoms with Gasteiger partial charge in [-0.15, -0.1) is 0 Å². The topological polar surface area (TPSA) is 55.8 Å². The monoisotopic (exact) mass is 341 g/mol. The third-order valence-electron chi connectivity index (χ3n) is 3.85. The van der Waals surface area contributed by atoms with Crippen LogP contribution in [0.3, 0.4) is 0 Å². The molecule has 0 heterocycles. The van der Waals surface area contributed by atoms with Crippen molar-refractivity contribution in [3.8, 4) is 11.5 Å². The first-order chi connectivity index (χ1) is 12.0. The molecule has 25 heavy (non-hydrogen) atoms. The molecule has 0 N–H and O–H groups in total. The van der Waals surface area contributed by atoms with E-state index < -0.39 is 0 Å². The Balaban J connectivity index is 1.99. The molecule has 2 rings (SSSR count). The Hall–Kier alpha value is -2.82. The summed E-state index contributed by atoms with van der Waals surface area (Å²) in [4.78, 5) is 24.8. The van der Waals surface area contributed by atoms with Crippen LogP contribution in [0.5, 0.6) is 11.5 Å². The normalized spacial score (nSPS) is 10.2. The summed E-state index contributed by atoms with van der Waals surface area (Å²) in [6.45, 7) is 4.74. The third kappa shape index (κ3) is 5.08. The van der Waals surface area contributed by atoms with Crippen LogP contribution in [0.4, 0.5) is 0 Å². The Kier molecular flexibility index (Phi) is 6.57. The molecule has 0 saturated heterocycles. The van der Waals surface area contributed by atoms with Crippen LogP contribution in [0.1, 0.15) is 28.4 Å². The molecule has 0 saturated carbocycles. The molecule has 0 radical (unpaired) electrons. The van der Waals surface area contributed by atoms with E-state index in [9.17, 15) is 9.59 Å². The fraction of sp³-hybridized carbons (Fsp3) is 0.300. The van der Waals surface area contributed by atoms with Gasteiger partial charge in [0, 0.05) is 19.2 Å².